The lowest BCUT2D eigenvalue weighted by Gasteiger charge is -2.35. The molecule has 1 fully saturated rings. The molecule has 1 aromatic carbocycles. The van der Waals surface area contributed by atoms with Crippen LogP contribution in [0.5, 0.6) is 0 Å². The number of hydrogen-bond donors (Lipinski definition) is 1. The van der Waals surface area contributed by atoms with Crippen molar-refractivity contribution in [1.29, 1.82) is 0 Å². The molecule has 19 heavy (non-hydrogen) atoms. The SMILES string of the molecule is CC(C)C1CNCCC1c1cccc(C(F)(F)F)c1. The minimum atomic E-state index is -4.25. The van der Waals surface area contributed by atoms with E-state index in [1.54, 1.807) is 0 Å². The molecule has 4 heteroatoms. The van der Waals surface area contributed by atoms with E-state index in [1.165, 1.54) is 12.1 Å². The van der Waals surface area contributed by atoms with Crippen LogP contribution in [0.25, 0.3) is 0 Å². The lowest BCUT2D eigenvalue weighted by molar-refractivity contribution is -0.137. The maximum absolute atomic E-state index is 12.8. The van der Waals surface area contributed by atoms with Crippen molar-refractivity contribution in [3.05, 3.63) is 35.4 Å². The number of halogens is 3. The van der Waals surface area contributed by atoms with E-state index in [0.29, 0.717) is 11.8 Å². The van der Waals surface area contributed by atoms with Crippen LogP contribution in [0.3, 0.4) is 0 Å². The molecule has 1 heterocycles. The van der Waals surface area contributed by atoms with Gasteiger partial charge in [0.15, 0.2) is 0 Å². The molecule has 1 N–H and O–H groups in total. The number of benzene rings is 1. The van der Waals surface area contributed by atoms with E-state index in [0.717, 1.165) is 31.1 Å². The van der Waals surface area contributed by atoms with Gasteiger partial charge >= 0.3 is 6.18 Å². The number of alkyl halides is 3. The Bertz CT molecular complexity index is 426. The molecule has 0 aromatic heterocycles. The second-order valence-electron chi connectivity index (χ2n) is 5.63. The Morgan fingerprint density at radius 2 is 2.00 bits per heavy atom. The highest BCUT2D eigenvalue weighted by Gasteiger charge is 2.33. The molecule has 1 aliphatic rings. The lowest BCUT2D eigenvalue weighted by Crippen LogP contribution is -2.38. The smallest absolute Gasteiger partial charge is 0.316 e. The average Bonchev–Trinajstić information content (AvgIpc) is 2.38. The van der Waals surface area contributed by atoms with Gasteiger partial charge in [0.05, 0.1) is 5.56 Å². The van der Waals surface area contributed by atoms with Gasteiger partial charge in [0, 0.05) is 0 Å². The first-order chi connectivity index (χ1) is 8.89. The van der Waals surface area contributed by atoms with Crippen molar-refractivity contribution in [3.63, 3.8) is 0 Å². The zero-order chi connectivity index (χ0) is 14.0. The fourth-order valence-corrected chi connectivity index (χ4v) is 2.94. The molecule has 0 amide bonds. The molecule has 0 aliphatic carbocycles. The highest BCUT2D eigenvalue weighted by atomic mass is 19.4. The highest BCUT2D eigenvalue weighted by Crippen LogP contribution is 2.37. The third kappa shape index (κ3) is 3.30. The molecule has 2 unspecified atom stereocenters. The van der Waals surface area contributed by atoms with Crippen LogP contribution in [0.2, 0.25) is 0 Å². The van der Waals surface area contributed by atoms with Gasteiger partial charge in [-0.1, -0.05) is 32.0 Å². The van der Waals surface area contributed by atoms with Gasteiger partial charge in [0.25, 0.3) is 0 Å². The van der Waals surface area contributed by atoms with Gasteiger partial charge in [0.1, 0.15) is 0 Å². The second-order valence-corrected chi connectivity index (χ2v) is 5.63. The minimum absolute atomic E-state index is 0.226. The van der Waals surface area contributed by atoms with Crippen molar-refractivity contribution in [2.75, 3.05) is 13.1 Å². The Morgan fingerprint density at radius 3 is 2.63 bits per heavy atom. The summed E-state index contributed by atoms with van der Waals surface area (Å²) in [6.45, 7) is 6.04. The summed E-state index contributed by atoms with van der Waals surface area (Å²) in [4.78, 5) is 0. The van der Waals surface area contributed by atoms with Crippen LogP contribution in [-0.4, -0.2) is 13.1 Å². The van der Waals surface area contributed by atoms with Crippen LogP contribution in [0, 0.1) is 11.8 Å². The molecule has 0 saturated carbocycles. The molecule has 0 spiro atoms. The number of piperidine rings is 1. The van der Waals surface area contributed by atoms with Crippen LogP contribution in [0.1, 0.15) is 37.3 Å². The Labute approximate surface area is 112 Å². The lowest BCUT2D eigenvalue weighted by atomic mass is 9.75. The first-order valence-corrected chi connectivity index (χ1v) is 6.77. The molecule has 2 atom stereocenters. The zero-order valence-electron chi connectivity index (χ0n) is 11.3. The van der Waals surface area contributed by atoms with Gasteiger partial charge in [-0.15, -0.1) is 0 Å². The average molecular weight is 271 g/mol. The van der Waals surface area contributed by atoms with E-state index < -0.39 is 11.7 Å². The molecule has 1 aromatic rings. The normalized spacial score (nSPS) is 24.7. The summed E-state index contributed by atoms with van der Waals surface area (Å²) in [5.74, 6) is 1.09. The minimum Gasteiger partial charge on any atom is -0.316 e. The molecular weight excluding hydrogens is 251 g/mol. The van der Waals surface area contributed by atoms with E-state index in [2.05, 4.69) is 19.2 Å². The highest BCUT2D eigenvalue weighted by molar-refractivity contribution is 5.29. The molecule has 1 saturated heterocycles. The van der Waals surface area contributed by atoms with Crippen LogP contribution in [0.15, 0.2) is 24.3 Å². The van der Waals surface area contributed by atoms with Crippen molar-refractivity contribution < 1.29 is 13.2 Å². The monoisotopic (exact) mass is 271 g/mol. The van der Waals surface area contributed by atoms with E-state index in [1.807, 2.05) is 6.07 Å². The fourth-order valence-electron chi connectivity index (χ4n) is 2.94. The summed E-state index contributed by atoms with van der Waals surface area (Å²) in [5.41, 5.74) is 0.293. The van der Waals surface area contributed by atoms with Crippen LogP contribution in [0.4, 0.5) is 13.2 Å². The molecule has 1 aliphatic heterocycles. The quantitative estimate of drug-likeness (QED) is 0.855. The molecule has 1 nitrogen and oxygen atoms in total. The van der Waals surface area contributed by atoms with Gasteiger partial charge in [-0.2, -0.15) is 13.2 Å². The maximum Gasteiger partial charge on any atom is 0.416 e. The van der Waals surface area contributed by atoms with Crippen molar-refractivity contribution in [2.45, 2.75) is 32.4 Å². The van der Waals surface area contributed by atoms with E-state index in [4.69, 9.17) is 0 Å². The van der Waals surface area contributed by atoms with Crippen molar-refractivity contribution in [2.24, 2.45) is 11.8 Å². The van der Waals surface area contributed by atoms with Gasteiger partial charge in [-0.25, -0.2) is 0 Å². The summed E-state index contributed by atoms with van der Waals surface area (Å²) in [5, 5.41) is 3.34. The first kappa shape index (κ1) is 14.4. The van der Waals surface area contributed by atoms with Crippen molar-refractivity contribution in [3.8, 4) is 0 Å². The van der Waals surface area contributed by atoms with Crippen LogP contribution >= 0.6 is 0 Å². The van der Waals surface area contributed by atoms with Crippen LogP contribution in [-0.2, 0) is 6.18 Å². The van der Waals surface area contributed by atoms with Gasteiger partial charge in [-0.3, -0.25) is 0 Å². The van der Waals surface area contributed by atoms with E-state index in [9.17, 15) is 13.2 Å². The van der Waals surface area contributed by atoms with Crippen molar-refractivity contribution >= 4 is 0 Å². The van der Waals surface area contributed by atoms with Crippen molar-refractivity contribution in [1.82, 2.24) is 5.32 Å². The first-order valence-electron chi connectivity index (χ1n) is 6.77. The fraction of sp³-hybridized carbons (Fsp3) is 0.600. The predicted octanol–water partition coefficient (Wildman–Crippen LogP) is 4.05. The van der Waals surface area contributed by atoms with Gasteiger partial charge in [0.2, 0.25) is 0 Å². The molecule has 0 bridgehead atoms. The predicted molar refractivity (Wildman–Crippen MR) is 70.0 cm³/mol. The molecule has 0 radical (unpaired) electrons. The summed E-state index contributed by atoms with van der Waals surface area (Å²) in [6.07, 6.45) is -3.35. The third-order valence-electron chi connectivity index (χ3n) is 4.03. The number of nitrogens with one attached hydrogen (secondary N) is 1. The standard InChI is InChI=1S/C15H20F3N/c1-10(2)14-9-19-7-6-13(14)11-4-3-5-12(8-11)15(16,17)18/h3-5,8,10,13-14,19H,6-7,9H2,1-2H3. The van der Waals surface area contributed by atoms with Crippen LogP contribution < -0.4 is 5.32 Å². The largest absolute Gasteiger partial charge is 0.416 e. The Balaban J connectivity index is 2.29. The summed E-state index contributed by atoms with van der Waals surface area (Å²) >= 11 is 0. The van der Waals surface area contributed by atoms with E-state index >= 15 is 0 Å². The second kappa shape index (κ2) is 5.53. The topological polar surface area (TPSA) is 12.0 Å². The van der Waals surface area contributed by atoms with Gasteiger partial charge in [-0.05, 0) is 48.9 Å². The van der Waals surface area contributed by atoms with Gasteiger partial charge < -0.3 is 5.32 Å². The maximum atomic E-state index is 12.8. The summed E-state index contributed by atoms with van der Waals surface area (Å²) in [7, 11) is 0. The zero-order valence-corrected chi connectivity index (χ0v) is 11.3. The summed E-state index contributed by atoms with van der Waals surface area (Å²) < 4.78 is 38.3. The Hall–Kier alpha value is -1.03. The molecule has 106 valence electrons. The third-order valence-corrected chi connectivity index (χ3v) is 4.03. The number of rotatable bonds is 2. The number of hydrogen-bond acceptors (Lipinski definition) is 1. The Kier molecular flexibility index (Phi) is 4.19. The molecular formula is C15H20F3N. The van der Waals surface area contributed by atoms with E-state index in [-0.39, 0.29) is 5.92 Å². The summed E-state index contributed by atoms with van der Waals surface area (Å²) in [6, 6.07) is 5.83. The Morgan fingerprint density at radius 1 is 1.26 bits per heavy atom. The molecule has 2 rings (SSSR count).